The second-order valence-electron chi connectivity index (χ2n) is 4.41. The van der Waals surface area contributed by atoms with Crippen molar-refractivity contribution in [2.75, 3.05) is 11.9 Å². The summed E-state index contributed by atoms with van der Waals surface area (Å²) in [6.07, 6.45) is 2.67. The molecule has 1 N–H and O–H groups in total. The van der Waals surface area contributed by atoms with Crippen molar-refractivity contribution in [2.24, 2.45) is 0 Å². The minimum Gasteiger partial charge on any atom is -0.452 e. The number of carbonyl (C=O) groups is 2. The van der Waals surface area contributed by atoms with Gasteiger partial charge in [0.05, 0.1) is 0 Å². The Kier molecular flexibility index (Phi) is 5.43. The van der Waals surface area contributed by atoms with Crippen molar-refractivity contribution in [3.8, 4) is 0 Å². The predicted octanol–water partition coefficient (Wildman–Crippen LogP) is 3.02. The van der Waals surface area contributed by atoms with E-state index in [9.17, 15) is 14.0 Å². The van der Waals surface area contributed by atoms with Crippen molar-refractivity contribution in [3.05, 3.63) is 72.1 Å². The first-order valence-corrected chi connectivity index (χ1v) is 6.59. The third-order valence-corrected chi connectivity index (χ3v) is 2.68. The molecular weight excluding hydrogens is 285 g/mol. The van der Waals surface area contributed by atoms with E-state index in [1.165, 1.54) is 36.4 Å². The molecule has 2 aromatic carbocycles. The second kappa shape index (κ2) is 7.73. The number of halogens is 1. The van der Waals surface area contributed by atoms with Crippen LogP contribution in [0.2, 0.25) is 0 Å². The lowest BCUT2D eigenvalue weighted by Crippen LogP contribution is -2.20. The molecule has 4 nitrogen and oxygen atoms in total. The zero-order chi connectivity index (χ0) is 15.8. The van der Waals surface area contributed by atoms with E-state index in [1.54, 1.807) is 24.3 Å². The molecule has 0 fully saturated rings. The number of hydrogen-bond acceptors (Lipinski definition) is 3. The molecule has 0 aliphatic rings. The van der Waals surface area contributed by atoms with Crippen LogP contribution in [0.5, 0.6) is 0 Å². The van der Waals surface area contributed by atoms with Gasteiger partial charge in [-0.1, -0.05) is 30.3 Å². The molecule has 1 amide bonds. The van der Waals surface area contributed by atoms with Crippen molar-refractivity contribution < 1.29 is 18.7 Å². The molecule has 112 valence electrons. The number of carbonyl (C=O) groups excluding carboxylic acids is 2. The Morgan fingerprint density at radius 1 is 1.05 bits per heavy atom. The standard InChI is InChI=1S/C17H14FNO3/c18-14-9-6-13(7-10-14)8-11-17(21)22-12-16(20)19-15-4-2-1-3-5-15/h1-11H,12H2,(H,19,20)/b11-8+. The first-order valence-electron chi connectivity index (χ1n) is 6.59. The van der Waals surface area contributed by atoms with Crippen LogP contribution in [0.25, 0.3) is 6.08 Å². The van der Waals surface area contributed by atoms with Gasteiger partial charge in [-0.05, 0) is 35.9 Å². The fraction of sp³-hybridized carbons (Fsp3) is 0.0588. The van der Waals surface area contributed by atoms with Crippen LogP contribution < -0.4 is 5.32 Å². The van der Waals surface area contributed by atoms with E-state index < -0.39 is 11.9 Å². The number of amides is 1. The van der Waals surface area contributed by atoms with Crippen LogP contribution in [0.15, 0.2) is 60.7 Å². The third-order valence-electron chi connectivity index (χ3n) is 2.68. The summed E-state index contributed by atoms with van der Waals surface area (Å²) >= 11 is 0. The molecule has 0 aromatic heterocycles. The molecule has 0 saturated heterocycles. The van der Waals surface area contributed by atoms with Crippen LogP contribution in [0.1, 0.15) is 5.56 Å². The zero-order valence-electron chi connectivity index (χ0n) is 11.7. The normalized spacial score (nSPS) is 10.4. The van der Waals surface area contributed by atoms with Gasteiger partial charge in [0.1, 0.15) is 5.82 Å². The molecule has 0 aliphatic carbocycles. The molecular formula is C17H14FNO3. The van der Waals surface area contributed by atoms with Gasteiger partial charge in [-0.15, -0.1) is 0 Å². The molecule has 0 unspecified atom stereocenters. The van der Waals surface area contributed by atoms with Crippen molar-refractivity contribution in [1.82, 2.24) is 0 Å². The maximum absolute atomic E-state index is 12.7. The molecule has 22 heavy (non-hydrogen) atoms. The zero-order valence-corrected chi connectivity index (χ0v) is 11.7. The van der Waals surface area contributed by atoms with E-state index in [1.807, 2.05) is 6.07 Å². The van der Waals surface area contributed by atoms with Gasteiger partial charge in [-0.3, -0.25) is 4.79 Å². The Balaban J connectivity index is 1.77. The second-order valence-corrected chi connectivity index (χ2v) is 4.41. The lowest BCUT2D eigenvalue weighted by molar-refractivity contribution is -0.142. The number of esters is 1. The van der Waals surface area contributed by atoms with Gasteiger partial charge >= 0.3 is 5.97 Å². The number of anilines is 1. The highest BCUT2D eigenvalue weighted by atomic mass is 19.1. The van der Waals surface area contributed by atoms with Crippen LogP contribution in [0.4, 0.5) is 10.1 Å². The number of ether oxygens (including phenoxy) is 1. The average molecular weight is 299 g/mol. The monoisotopic (exact) mass is 299 g/mol. The number of benzene rings is 2. The number of rotatable bonds is 5. The highest BCUT2D eigenvalue weighted by Gasteiger charge is 2.05. The Morgan fingerprint density at radius 2 is 1.73 bits per heavy atom. The summed E-state index contributed by atoms with van der Waals surface area (Å²) in [7, 11) is 0. The molecule has 2 aromatic rings. The summed E-state index contributed by atoms with van der Waals surface area (Å²) < 4.78 is 17.5. The number of hydrogen-bond donors (Lipinski definition) is 1. The van der Waals surface area contributed by atoms with E-state index in [4.69, 9.17) is 4.74 Å². The Morgan fingerprint density at radius 3 is 2.41 bits per heavy atom. The van der Waals surface area contributed by atoms with Crippen LogP contribution in [0.3, 0.4) is 0 Å². The van der Waals surface area contributed by atoms with Gasteiger partial charge in [0.2, 0.25) is 0 Å². The van der Waals surface area contributed by atoms with E-state index in [0.717, 1.165) is 0 Å². The smallest absolute Gasteiger partial charge is 0.331 e. The largest absolute Gasteiger partial charge is 0.452 e. The fourth-order valence-corrected chi connectivity index (χ4v) is 1.64. The topological polar surface area (TPSA) is 55.4 Å². The van der Waals surface area contributed by atoms with E-state index in [-0.39, 0.29) is 12.4 Å². The summed E-state index contributed by atoms with van der Waals surface area (Å²) in [6.45, 7) is -0.374. The highest BCUT2D eigenvalue weighted by molar-refractivity contribution is 5.94. The van der Waals surface area contributed by atoms with Crippen LogP contribution in [-0.2, 0) is 14.3 Å². The molecule has 0 saturated carbocycles. The summed E-state index contributed by atoms with van der Waals surface area (Å²) in [6, 6.07) is 14.5. The van der Waals surface area contributed by atoms with Crippen LogP contribution >= 0.6 is 0 Å². The minimum absolute atomic E-state index is 0.350. The molecule has 0 spiro atoms. The molecule has 2 rings (SSSR count). The van der Waals surface area contributed by atoms with Crippen LogP contribution in [-0.4, -0.2) is 18.5 Å². The third kappa shape index (κ3) is 5.20. The number of nitrogens with one attached hydrogen (secondary N) is 1. The van der Waals surface area contributed by atoms with Gasteiger partial charge in [-0.2, -0.15) is 0 Å². The first-order chi connectivity index (χ1) is 10.6. The van der Waals surface area contributed by atoms with Gasteiger partial charge in [0.15, 0.2) is 6.61 Å². The Hall–Kier alpha value is -2.95. The predicted molar refractivity (Wildman–Crippen MR) is 81.5 cm³/mol. The van der Waals surface area contributed by atoms with Gasteiger partial charge in [0.25, 0.3) is 5.91 Å². The summed E-state index contributed by atoms with van der Waals surface area (Å²) in [5, 5.41) is 2.60. The van der Waals surface area contributed by atoms with E-state index in [2.05, 4.69) is 5.32 Å². The SMILES string of the molecule is O=C(COC(=O)/C=C/c1ccc(F)cc1)Nc1ccccc1. The van der Waals surface area contributed by atoms with Gasteiger partial charge < -0.3 is 10.1 Å². The maximum Gasteiger partial charge on any atom is 0.331 e. The Labute approximate surface area is 127 Å². The summed E-state index contributed by atoms with van der Waals surface area (Å²) in [5.41, 5.74) is 1.29. The van der Waals surface area contributed by atoms with Gasteiger partial charge in [-0.25, -0.2) is 9.18 Å². The van der Waals surface area contributed by atoms with Crippen molar-refractivity contribution in [3.63, 3.8) is 0 Å². The fourth-order valence-electron chi connectivity index (χ4n) is 1.64. The summed E-state index contributed by atoms with van der Waals surface area (Å²) in [5.74, 6) is -1.42. The average Bonchev–Trinajstić information content (AvgIpc) is 2.53. The first kappa shape index (κ1) is 15.4. The lowest BCUT2D eigenvalue weighted by atomic mass is 10.2. The van der Waals surface area contributed by atoms with Crippen molar-refractivity contribution in [2.45, 2.75) is 0 Å². The van der Waals surface area contributed by atoms with Crippen LogP contribution in [0, 0.1) is 5.82 Å². The number of para-hydroxylation sites is 1. The Bertz CT molecular complexity index is 666. The minimum atomic E-state index is -0.646. The van der Waals surface area contributed by atoms with Gasteiger partial charge in [0, 0.05) is 11.8 Å². The molecule has 0 radical (unpaired) electrons. The van der Waals surface area contributed by atoms with E-state index >= 15 is 0 Å². The lowest BCUT2D eigenvalue weighted by Gasteiger charge is -2.04. The van der Waals surface area contributed by atoms with E-state index in [0.29, 0.717) is 11.3 Å². The molecule has 0 atom stereocenters. The molecule has 5 heteroatoms. The highest BCUT2D eigenvalue weighted by Crippen LogP contribution is 2.06. The quantitative estimate of drug-likeness (QED) is 0.682. The molecule has 0 bridgehead atoms. The summed E-state index contributed by atoms with van der Waals surface area (Å²) in [4.78, 5) is 23.1. The van der Waals surface area contributed by atoms with Crippen molar-refractivity contribution >= 4 is 23.6 Å². The maximum atomic E-state index is 12.7. The van der Waals surface area contributed by atoms with Crippen molar-refractivity contribution in [1.29, 1.82) is 0 Å². The molecule has 0 heterocycles. The molecule has 0 aliphatic heterocycles.